The van der Waals surface area contributed by atoms with Crippen LogP contribution in [-0.2, 0) is 11.4 Å². The number of rotatable bonds is 5. The molecule has 2 rings (SSSR count). The highest BCUT2D eigenvalue weighted by atomic mass is 16.5. The van der Waals surface area contributed by atoms with Gasteiger partial charge in [-0.1, -0.05) is 5.16 Å². The fourth-order valence-electron chi connectivity index (χ4n) is 2.01. The Morgan fingerprint density at radius 2 is 2.00 bits per heavy atom. The molecule has 1 heterocycles. The van der Waals surface area contributed by atoms with Crippen LogP contribution in [-0.4, -0.2) is 16.8 Å². The van der Waals surface area contributed by atoms with Crippen LogP contribution in [0, 0.1) is 13.8 Å². The molecule has 0 spiro atoms. The van der Waals surface area contributed by atoms with Crippen molar-refractivity contribution in [1.29, 1.82) is 0 Å². The van der Waals surface area contributed by atoms with E-state index in [0.717, 1.165) is 11.3 Å². The van der Waals surface area contributed by atoms with E-state index in [2.05, 4.69) is 10.5 Å². The number of aromatic nitrogens is 1. The van der Waals surface area contributed by atoms with Crippen LogP contribution < -0.4 is 10.1 Å². The molecule has 0 saturated heterocycles. The zero-order valence-corrected chi connectivity index (χ0v) is 13.0. The van der Waals surface area contributed by atoms with Gasteiger partial charge in [0, 0.05) is 12.5 Å². The quantitative estimate of drug-likeness (QED) is 0.858. The fourth-order valence-corrected chi connectivity index (χ4v) is 2.01. The summed E-state index contributed by atoms with van der Waals surface area (Å²) in [6, 6.07) is 4.92. The monoisotopic (exact) mass is 302 g/mol. The summed E-state index contributed by atoms with van der Waals surface area (Å²) in [7, 11) is 0. The summed E-state index contributed by atoms with van der Waals surface area (Å²) in [5, 5.41) is 6.55. The summed E-state index contributed by atoms with van der Waals surface area (Å²) >= 11 is 0. The number of aryl methyl sites for hydroxylation is 2. The molecule has 0 aliphatic carbocycles. The summed E-state index contributed by atoms with van der Waals surface area (Å²) in [5.41, 5.74) is 2.63. The largest absolute Gasteiger partial charge is 0.486 e. The Bertz CT molecular complexity index is 699. The second kappa shape index (κ2) is 6.43. The van der Waals surface area contributed by atoms with Crippen LogP contribution in [0.15, 0.2) is 22.7 Å². The molecule has 0 radical (unpaired) electrons. The topological polar surface area (TPSA) is 81.4 Å². The third kappa shape index (κ3) is 3.52. The molecule has 116 valence electrons. The van der Waals surface area contributed by atoms with E-state index in [1.165, 1.54) is 13.8 Å². The van der Waals surface area contributed by atoms with Gasteiger partial charge in [0.2, 0.25) is 5.91 Å². The highest BCUT2D eigenvalue weighted by molar-refractivity contribution is 5.96. The number of hydrogen-bond donors (Lipinski definition) is 1. The summed E-state index contributed by atoms with van der Waals surface area (Å²) in [6.07, 6.45) is 0. The SMILES string of the molecule is CC(=O)Nc1ccc(C(C)=O)cc1OCc1c(C)noc1C. The maximum Gasteiger partial charge on any atom is 0.221 e. The molecule has 0 aliphatic rings. The molecule has 6 nitrogen and oxygen atoms in total. The van der Waals surface area contributed by atoms with E-state index in [-0.39, 0.29) is 18.3 Å². The number of ketones is 1. The van der Waals surface area contributed by atoms with Gasteiger partial charge in [-0.05, 0) is 39.0 Å². The standard InChI is InChI=1S/C16H18N2O4/c1-9-14(11(3)22-18-9)8-21-16-7-13(10(2)19)5-6-15(16)17-12(4)20/h5-7H,8H2,1-4H3,(H,17,20). The van der Waals surface area contributed by atoms with E-state index in [9.17, 15) is 9.59 Å². The Balaban J connectivity index is 2.28. The molecule has 0 atom stereocenters. The first kappa shape index (κ1) is 15.8. The number of anilines is 1. The van der Waals surface area contributed by atoms with E-state index in [1.807, 2.05) is 6.92 Å². The number of Topliss-reactive ketones (excluding diaryl/α,β-unsaturated/α-hetero) is 1. The third-order valence-corrected chi connectivity index (χ3v) is 3.25. The van der Waals surface area contributed by atoms with Crippen molar-refractivity contribution in [2.45, 2.75) is 34.3 Å². The molecular weight excluding hydrogens is 284 g/mol. The lowest BCUT2D eigenvalue weighted by Gasteiger charge is -2.13. The van der Waals surface area contributed by atoms with Crippen molar-refractivity contribution in [1.82, 2.24) is 5.16 Å². The number of nitrogens with one attached hydrogen (secondary N) is 1. The molecule has 6 heteroatoms. The molecule has 1 aromatic carbocycles. The zero-order valence-electron chi connectivity index (χ0n) is 13.0. The maximum atomic E-state index is 11.5. The van der Waals surface area contributed by atoms with E-state index < -0.39 is 0 Å². The first-order chi connectivity index (χ1) is 10.4. The van der Waals surface area contributed by atoms with Gasteiger partial charge in [-0.3, -0.25) is 9.59 Å². The van der Waals surface area contributed by atoms with Crippen LogP contribution in [0.5, 0.6) is 5.75 Å². The second-order valence-electron chi connectivity index (χ2n) is 5.04. The molecule has 0 aliphatic heterocycles. The lowest BCUT2D eigenvalue weighted by Crippen LogP contribution is -2.09. The first-order valence-corrected chi connectivity index (χ1v) is 6.85. The molecule has 1 aromatic heterocycles. The Morgan fingerprint density at radius 1 is 1.27 bits per heavy atom. The summed E-state index contributed by atoms with van der Waals surface area (Å²) in [6.45, 7) is 6.77. The lowest BCUT2D eigenvalue weighted by molar-refractivity contribution is -0.114. The van der Waals surface area contributed by atoms with Crippen LogP contribution in [0.3, 0.4) is 0 Å². The molecule has 0 saturated carbocycles. The molecule has 1 N–H and O–H groups in total. The fraction of sp³-hybridized carbons (Fsp3) is 0.312. The minimum Gasteiger partial charge on any atom is -0.486 e. The van der Waals surface area contributed by atoms with Crippen LogP contribution in [0.25, 0.3) is 0 Å². The van der Waals surface area contributed by atoms with Gasteiger partial charge >= 0.3 is 0 Å². The summed E-state index contributed by atoms with van der Waals surface area (Å²) < 4.78 is 10.9. The van der Waals surface area contributed by atoms with Crippen LogP contribution in [0.4, 0.5) is 5.69 Å². The number of carbonyl (C=O) groups excluding carboxylic acids is 2. The Labute approximate surface area is 128 Å². The van der Waals surface area contributed by atoms with Crippen LogP contribution in [0.1, 0.15) is 41.2 Å². The van der Waals surface area contributed by atoms with E-state index in [4.69, 9.17) is 9.26 Å². The highest BCUT2D eigenvalue weighted by Crippen LogP contribution is 2.28. The highest BCUT2D eigenvalue weighted by Gasteiger charge is 2.13. The van der Waals surface area contributed by atoms with Gasteiger partial charge in [0.05, 0.1) is 16.9 Å². The van der Waals surface area contributed by atoms with Gasteiger partial charge in [0.1, 0.15) is 18.1 Å². The predicted octanol–water partition coefficient (Wildman–Crippen LogP) is 3.03. The Hall–Kier alpha value is -2.63. The smallest absolute Gasteiger partial charge is 0.221 e. The van der Waals surface area contributed by atoms with Gasteiger partial charge in [-0.2, -0.15) is 0 Å². The summed E-state index contributed by atoms with van der Waals surface area (Å²) in [4.78, 5) is 22.8. The second-order valence-corrected chi connectivity index (χ2v) is 5.04. The molecule has 1 amide bonds. The maximum absolute atomic E-state index is 11.5. The molecular formula is C16H18N2O4. The Morgan fingerprint density at radius 3 is 2.55 bits per heavy atom. The number of amides is 1. The van der Waals surface area contributed by atoms with Gasteiger partial charge < -0.3 is 14.6 Å². The van der Waals surface area contributed by atoms with Crippen molar-refractivity contribution < 1.29 is 18.8 Å². The van der Waals surface area contributed by atoms with Gasteiger partial charge in [0.25, 0.3) is 0 Å². The average Bonchev–Trinajstić information content (AvgIpc) is 2.76. The van der Waals surface area contributed by atoms with Gasteiger partial charge in [-0.25, -0.2) is 0 Å². The number of hydrogen-bond acceptors (Lipinski definition) is 5. The number of ether oxygens (including phenoxy) is 1. The van der Waals surface area contributed by atoms with Crippen molar-refractivity contribution in [2.75, 3.05) is 5.32 Å². The predicted molar refractivity (Wildman–Crippen MR) is 81.1 cm³/mol. The molecule has 22 heavy (non-hydrogen) atoms. The van der Waals surface area contributed by atoms with Crippen molar-refractivity contribution >= 4 is 17.4 Å². The average molecular weight is 302 g/mol. The first-order valence-electron chi connectivity index (χ1n) is 6.85. The minimum atomic E-state index is -0.210. The number of benzene rings is 1. The van der Waals surface area contributed by atoms with Crippen LogP contribution in [0.2, 0.25) is 0 Å². The normalized spacial score (nSPS) is 10.4. The molecule has 0 fully saturated rings. The molecule has 0 bridgehead atoms. The van der Waals surface area contributed by atoms with Crippen molar-refractivity contribution in [2.24, 2.45) is 0 Å². The zero-order chi connectivity index (χ0) is 16.3. The molecule has 0 unspecified atom stereocenters. The number of carbonyl (C=O) groups is 2. The third-order valence-electron chi connectivity index (χ3n) is 3.25. The van der Waals surface area contributed by atoms with Crippen molar-refractivity contribution in [3.05, 3.63) is 40.8 Å². The van der Waals surface area contributed by atoms with Gasteiger partial charge in [-0.15, -0.1) is 0 Å². The lowest BCUT2D eigenvalue weighted by atomic mass is 10.1. The van der Waals surface area contributed by atoms with Crippen molar-refractivity contribution in [3.8, 4) is 5.75 Å². The van der Waals surface area contributed by atoms with E-state index >= 15 is 0 Å². The number of nitrogens with zero attached hydrogens (tertiary/aromatic N) is 1. The van der Waals surface area contributed by atoms with E-state index in [1.54, 1.807) is 25.1 Å². The van der Waals surface area contributed by atoms with Crippen LogP contribution >= 0.6 is 0 Å². The molecule has 2 aromatic rings. The Kier molecular flexibility index (Phi) is 4.60. The van der Waals surface area contributed by atoms with Gasteiger partial charge in [0.15, 0.2) is 5.78 Å². The van der Waals surface area contributed by atoms with E-state index in [0.29, 0.717) is 22.8 Å². The van der Waals surface area contributed by atoms with Crippen molar-refractivity contribution in [3.63, 3.8) is 0 Å². The minimum absolute atomic E-state index is 0.0726. The summed E-state index contributed by atoms with van der Waals surface area (Å²) in [5.74, 6) is 0.832.